The Morgan fingerprint density at radius 1 is 0.630 bits per heavy atom. The summed E-state index contributed by atoms with van der Waals surface area (Å²) in [6, 6.07) is 22.0. The number of rotatable bonds is 5. The molecule has 0 saturated heterocycles. The fraction of sp³-hybridized carbons (Fsp3) is 0.0435. The van der Waals surface area contributed by atoms with Gasteiger partial charge in [0.15, 0.2) is 0 Å². The van der Waals surface area contributed by atoms with Crippen molar-refractivity contribution in [2.75, 3.05) is 7.11 Å². The highest BCUT2D eigenvalue weighted by Crippen LogP contribution is 2.14. The first-order chi connectivity index (χ1) is 13.1. The topological polar surface area (TPSA) is 43.4 Å². The van der Waals surface area contributed by atoms with Gasteiger partial charge >= 0.3 is 0 Å². The molecule has 0 atom stereocenters. The molecule has 0 aromatic heterocycles. The van der Waals surface area contributed by atoms with Gasteiger partial charge in [-0.3, -0.25) is 9.59 Å². The number of carbonyl (C=O) groups is 2. The lowest BCUT2D eigenvalue weighted by Crippen LogP contribution is -1.81. The number of halogens is 1. The van der Waals surface area contributed by atoms with Crippen LogP contribution in [0.1, 0.15) is 31.8 Å². The molecule has 3 aromatic rings. The Labute approximate surface area is 163 Å². The van der Waals surface area contributed by atoms with Crippen molar-refractivity contribution in [2.45, 2.75) is 0 Å². The molecule has 0 aliphatic rings. The summed E-state index contributed by atoms with van der Waals surface area (Å²) in [6.07, 6.45) is 5.67. The van der Waals surface area contributed by atoms with Crippen molar-refractivity contribution in [3.05, 3.63) is 100 Å². The van der Waals surface area contributed by atoms with Crippen LogP contribution in [0.4, 0.5) is 0 Å². The standard InChI is InChI=1S/C16H14O2.C7H5ClO/c1-18-16-10-8-14(9-11-16)3-2-13-4-6-15(12-17)7-5-13;8-7-3-1-6(5-9)2-4-7/h2-12H,1H3;1-5H. The van der Waals surface area contributed by atoms with E-state index in [1.165, 1.54) is 0 Å². The summed E-state index contributed by atoms with van der Waals surface area (Å²) in [5.41, 5.74) is 3.52. The molecule has 3 nitrogen and oxygen atoms in total. The van der Waals surface area contributed by atoms with E-state index in [0.29, 0.717) is 16.1 Å². The van der Waals surface area contributed by atoms with Crippen LogP contribution in [0, 0.1) is 0 Å². The molecule has 0 saturated carbocycles. The van der Waals surface area contributed by atoms with E-state index in [-0.39, 0.29) is 0 Å². The van der Waals surface area contributed by atoms with Gasteiger partial charge in [0.2, 0.25) is 0 Å². The number of ether oxygens (including phenoxy) is 1. The number of carbonyl (C=O) groups excluding carboxylic acids is 2. The van der Waals surface area contributed by atoms with E-state index < -0.39 is 0 Å². The quantitative estimate of drug-likeness (QED) is 0.414. The van der Waals surface area contributed by atoms with Gasteiger partial charge < -0.3 is 4.74 Å². The van der Waals surface area contributed by atoms with Crippen LogP contribution in [0.5, 0.6) is 5.75 Å². The maximum atomic E-state index is 10.5. The summed E-state index contributed by atoms with van der Waals surface area (Å²) in [5.74, 6) is 0.850. The van der Waals surface area contributed by atoms with Gasteiger partial charge in [0, 0.05) is 16.1 Å². The highest BCUT2D eigenvalue weighted by atomic mass is 35.5. The van der Waals surface area contributed by atoms with Crippen molar-refractivity contribution in [2.24, 2.45) is 0 Å². The van der Waals surface area contributed by atoms with Gasteiger partial charge in [-0.1, -0.05) is 72.3 Å². The van der Waals surface area contributed by atoms with Crippen LogP contribution in [0.15, 0.2) is 72.8 Å². The Hall–Kier alpha value is -3.17. The minimum absolute atomic E-state index is 0.652. The Bertz CT molecular complexity index is 880. The van der Waals surface area contributed by atoms with E-state index in [0.717, 1.165) is 29.4 Å². The fourth-order valence-electron chi connectivity index (χ4n) is 2.13. The molecule has 27 heavy (non-hydrogen) atoms. The lowest BCUT2D eigenvalue weighted by molar-refractivity contribution is 0.111. The fourth-order valence-corrected chi connectivity index (χ4v) is 2.26. The second-order valence-corrected chi connectivity index (χ2v) is 6.00. The normalized spacial score (nSPS) is 10.0. The van der Waals surface area contributed by atoms with Crippen molar-refractivity contribution >= 4 is 36.3 Å². The third-order valence-corrected chi connectivity index (χ3v) is 3.91. The number of benzene rings is 3. The summed E-state index contributed by atoms with van der Waals surface area (Å²) in [6.45, 7) is 0. The van der Waals surface area contributed by atoms with Gasteiger partial charge in [-0.25, -0.2) is 0 Å². The molecule has 0 unspecified atom stereocenters. The summed E-state index contributed by atoms with van der Waals surface area (Å²) < 4.78 is 5.10. The third-order valence-electron chi connectivity index (χ3n) is 3.66. The molecule has 0 aliphatic carbocycles. The highest BCUT2D eigenvalue weighted by Gasteiger charge is 1.92. The lowest BCUT2D eigenvalue weighted by Gasteiger charge is -1.99. The largest absolute Gasteiger partial charge is 0.497 e. The number of hydrogen-bond donors (Lipinski definition) is 0. The Kier molecular flexibility index (Phi) is 8.01. The molecule has 0 spiro atoms. The Balaban J connectivity index is 0.000000244. The molecule has 0 radical (unpaired) electrons. The van der Waals surface area contributed by atoms with Crippen LogP contribution >= 0.6 is 11.6 Å². The highest BCUT2D eigenvalue weighted by molar-refractivity contribution is 6.30. The molecule has 136 valence electrons. The lowest BCUT2D eigenvalue weighted by atomic mass is 10.1. The first kappa shape index (κ1) is 20.1. The second-order valence-electron chi connectivity index (χ2n) is 5.56. The predicted octanol–water partition coefficient (Wildman–Crippen LogP) is 5.83. The van der Waals surface area contributed by atoms with E-state index in [1.54, 1.807) is 43.5 Å². The van der Waals surface area contributed by atoms with Crippen molar-refractivity contribution < 1.29 is 14.3 Å². The molecular formula is C23H19ClO3. The number of methoxy groups -OCH3 is 1. The zero-order valence-corrected chi connectivity index (χ0v) is 15.6. The van der Waals surface area contributed by atoms with Gasteiger partial charge in [-0.2, -0.15) is 0 Å². The molecule has 0 bridgehead atoms. The monoisotopic (exact) mass is 378 g/mol. The van der Waals surface area contributed by atoms with Gasteiger partial charge in [0.25, 0.3) is 0 Å². The Morgan fingerprint density at radius 2 is 1.00 bits per heavy atom. The van der Waals surface area contributed by atoms with Crippen molar-refractivity contribution in [1.29, 1.82) is 0 Å². The van der Waals surface area contributed by atoms with Gasteiger partial charge in [0.05, 0.1) is 7.11 Å². The molecule has 0 aliphatic heterocycles. The number of aldehydes is 2. The summed E-state index contributed by atoms with van der Waals surface area (Å²) >= 11 is 5.55. The molecular weight excluding hydrogens is 360 g/mol. The average molecular weight is 379 g/mol. The first-order valence-corrected chi connectivity index (χ1v) is 8.60. The van der Waals surface area contributed by atoms with Crippen LogP contribution in [0.3, 0.4) is 0 Å². The average Bonchev–Trinajstić information content (AvgIpc) is 2.74. The molecule has 4 heteroatoms. The zero-order valence-electron chi connectivity index (χ0n) is 14.8. The molecule has 3 rings (SSSR count). The molecule has 0 N–H and O–H groups in total. The smallest absolute Gasteiger partial charge is 0.150 e. The van der Waals surface area contributed by atoms with E-state index in [9.17, 15) is 9.59 Å². The maximum Gasteiger partial charge on any atom is 0.150 e. The minimum Gasteiger partial charge on any atom is -0.497 e. The second kappa shape index (κ2) is 10.7. The van der Waals surface area contributed by atoms with Gasteiger partial charge in [-0.15, -0.1) is 0 Å². The van der Waals surface area contributed by atoms with Crippen molar-refractivity contribution in [1.82, 2.24) is 0 Å². The molecule has 0 fully saturated rings. The van der Waals surface area contributed by atoms with E-state index >= 15 is 0 Å². The van der Waals surface area contributed by atoms with Gasteiger partial charge in [0.1, 0.15) is 18.3 Å². The van der Waals surface area contributed by atoms with E-state index in [4.69, 9.17) is 16.3 Å². The third kappa shape index (κ3) is 6.92. The summed E-state index contributed by atoms with van der Waals surface area (Å²) in [5, 5.41) is 0.653. The summed E-state index contributed by atoms with van der Waals surface area (Å²) in [7, 11) is 1.65. The maximum absolute atomic E-state index is 10.5. The van der Waals surface area contributed by atoms with Crippen molar-refractivity contribution in [3.63, 3.8) is 0 Å². The molecule has 0 amide bonds. The van der Waals surface area contributed by atoms with Crippen molar-refractivity contribution in [3.8, 4) is 5.75 Å². The van der Waals surface area contributed by atoms with Crippen LogP contribution < -0.4 is 4.74 Å². The van der Waals surface area contributed by atoms with Gasteiger partial charge in [-0.05, 0) is 35.4 Å². The molecule has 0 heterocycles. The van der Waals surface area contributed by atoms with E-state index in [1.807, 2.05) is 48.6 Å². The predicted molar refractivity (Wildman–Crippen MR) is 111 cm³/mol. The Morgan fingerprint density at radius 3 is 1.41 bits per heavy atom. The van der Waals surface area contributed by atoms with Crippen LogP contribution in [0.25, 0.3) is 12.2 Å². The first-order valence-electron chi connectivity index (χ1n) is 8.22. The zero-order chi connectivity index (χ0) is 19.5. The van der Waals surface area contributed by atoms with Crippen LogP contribution in [0.2, 0.25) is 5.02 Å². The van der Waals surface area contributed by atoms with Crippen LogP contribution in [-0.4, -0.2) is 19.7 Å². The SMILES string of the molecule is COc1ccc(C=Cc2ccc(C=O)cc2)cc1.O=Cc1ccc(Cl)cc1. The van der Waals surface area contributed by atoms with Crippen LogP contribution in [-0.2, 0) is 0 Å². The number of hydrogen-bond acceptors (Lipinski definition) is 3. The minimum atomic E-state index is 0.652. The molecule has 3 aromatic carbocycles. The van der Waals surface area contributed by atoms with E-state index in [2.05, 4.69) is 0 Å². The summed E-state index contributed by atoms with van der Waals surface area (Å²) in [4.78, 5) is 20.6.